The van der Waals surface area contributed by atoms with E-state index in [-0.39, 0.29) is 12.4 Å². The molecule has 0 spiro atoms. The zero-order chi connectivity index (χ0) is 8.55. The van der Waals surface area contributed by atoms with Crippen LogP contribution in [0, 0.1) is 0 Å². The van der Waals surface area contributed by atoms with E-state index in [9.17, 15) is 0 Å². The van der Waals surface area contributed by atoms with Crippen LogP contribution in [0.5, 0.6) is 0 Å². The Morgan fingerprint density at radius 2 is 2.00 bits per heavy atom. The summed E-state index contributed by atoms with van der Waals surface area (Å²) in [4.78, 5) is 0. The van der Waals surface area contributed by atoms with Gasteiger partial charge in [-0.1, -0.05) is 31.2 Å². The predicted octanol–water partition coefficient (Wildman–Crippen LogP) is 2.49. The van der Waals surface area contributed by atoms with Gasteiger partial charge in [0.25, 0.3) is 0 Å². The minimum Gasteiger partial charge on any atom is -0.327 e. The topological polar surface area (TPSA) is 26.0 Å². The fourth-order valence-corrected chi connectivity index (χ4v) is 1.79. The van der Waals surface area contributed by atoms with Gasteiger partial charge in [-0.2, -0.15) is 0 Å². The molecule has 2 rings (SSSR count). The summed E-state index contributed by atoms with van der Waals surface area (Å²) >= 11 is 0. The smallest absolute Gasteiger partial charge is 0.0115 e. The fraction of sp³-hybridized carbons (Fsp3) is 0.455. The van der Waals surface area contributed by atoms with Crippen LogP contribution in [0.4, 0.5) is 0 Å². The van der Waals surface area contributed by atoms with E-state index in [4.69, 9.17) is 5.73 Å². The van der Waals surface area contributed by atoms with Crippen molar-refractivity contribution in [1.29, 1.82) is 0 Å². The SMILES string of the molecule is CCc1ccccc1[C@@H]1C[C@H]1N.Cl. The maximum absolute atomic E-state index is 5.82. The molecule has 0 bridgehead atoms. The Kier molecular flexibility index (Phi) is 3.34. The quantitative estimate of drug-likeness (QED) is 0.775. The van der Waals surface area contributed by atoms with Crippen molar-refractivity contribution in [3.05, 3.63) is 35.4 Å². The van der Waals surface area contributed by atoms with Gasteiger partial charge >= 0.3 is 0 Å². The van der Waals surface area contributed by atoms with Crippen molar-refractivity contribution in [2.75, 3.05) is 0 Å². The van der Waals surface area contributed by atoms with Crippen molar-refractivity contribution in [2.45, 2.75) is 31.7 Å². The normalized spacial score (nSPS) is 25.1. The Balaban J connectivity index is 0.000000845. The van der Waals surface area contributed by atoms with Crippen molar-refractivity contribution >= 4 is 12.4 Å². The van der Waals surface area contributed by atoms with Crippen LogP contribution < -0.4 is 5.73 Å². The highest BCUT2D eigenvalue weighted by molar-refractivity contribution is 5.85. The van der Waals surface area contributed by atoms with Crippen LogP contribution in [-0.4, -0.2) is 6.04 Å². The van der Waals surface area contributed by atoms with Gasteiger partial charge in [0.2, 0.25) is 0 Å². The maximum atomic E-state index is 5.82. The second-order valence-corrected chi connectivity index (χ2v) is 3.56. The summed E-state index contributed by atoms with van der Waals surface area (Å²) in [6.45, 7) is 2.20. The first-order valence-electron chi connectivity index (χ1n) is 4.66. The van der Waals surface area contributed by atoms with E-state index in [1.54, 1.807) is 0 Å². The molecule has 1 fully saturated rings. The molecule has 0 heterocycles. The first-order valence-corrected chi connectivity index (χ1v) is 4.66. The van der Waals surface area contributed by atoms with Crippen LogP contribution in [0.25, 0.3) is 0 Å². The van der Waals surface area contributed by atoms with Crippen LogP contribution in [0.3, 0.4) is 0 Å². The number of benzene rings is 1. The van der Waals surface area contributed by atoms with E-state index in [1.165, 1.54) is 17.5 Å². The monoisotopic (exact) mass is 197 g/mol. The first kappa shape index (κ1) is 10.6. The number of hydrogen-bond donors (Lipinski definition) is 1. The summed E-state index contributed by atoms with van der Waals surface area (Å²) in [5.41, 5.74) is 8.77. The molecular formula is C11H16ClN. The van der Waals surface area contributed by atoms with E-state index < -0.39 is 0 Å². The van der Waals surface area contributed by atoms with Gasteiger partial charge in [0.15, 0.2) is 0 Å². The molecule has 2 heteroatoms. The third-order valence-electron chi connectivity index (χ3n) is 2.68. The Bertz CT molecular complexity index is 285. The maximum Gasteiger partial charge on any atom is 0.0115 e. The molecular weight excluding hydrogens is 182 g/mol. The molecule has 1 saturated carbocycles. The number of rotatable bonds is 2. The molecule has 1 nitrogen and oxygen atoms in total. The molecule has 2 N–H and O–H groups in total. The molecule has 0 aliphatic heterocycles. The van der Waals surface area contributed by atoms with E-state index in [0.717, 1.165) is 6.42 Å². The second kappa shape index (κ2) is 4.12. The van der Waals surface area contributed by atoms with Gasteiger partial charge < -0.3 is 5.73 Å². The Hall–Kier alpha value is -0.530. The average molecular weight is 198 g/mol. The molecule has 1 aliphatic rings. The number of nitrogens with two attached hydrogens (primary N) is 1. The molecule has 0 aromatic heterocycles. The number of hydrogen-bond acceptors (Lipinski definition) is 1. The molecule has 13 heavy (non-hydrogen) atoms. The summed E-state index contributed by atoms with van der Waals surface area (Å²) in [6.07, 6.45) is 2.30. The highest BCUT2D eigenvalue weighted by Crippen LogP contribution is 2.40. The highest BCUT2D eigenvalue weighted by Gasteiger charge is 2.35. The molecule has 1 aromatic rings. The van der Waals surface area contributed by atoms with Gasteiger partial charge in [-0.25, -0.2) is 0 Å². The third kappa shape index (κ3) is 2.04. The van der Waals surface area contributed by atoms with Crippen molar-refractivity contribution in [3.8, 4) is 0 Å². The summed E-state index contributed by atoms with van der Waals surface area (Å²) in [5.74, 6) is 0.654. The van der Waals surface area contributed by atoms with Gasteiger partial charge in [-0.3, -0.25) is 0 Å². The van der Waals surface area contributed by atoms with E-state index >= 15 is 0 Å². The molecule has 72 valence electrons. The van der Waals surface area contributed by atoms with E-state index in [1.807, 2.05) is 0 Å². The van der Waals surface area contributed by atoms with Gasteiger partial charge in [0.1, 0.15) is 0 Å². The summed E-state index contributed by atoms with van der Waals surface area (Å²) < 4.78 is 0. The Labute approximate surface area is 85.7 Å². The second-order valence-electron chi connectivity index (χ2n) is 3.56. The van der Waals surface area contributed by atoms with E-state index in [2.05, 4.69) is 31.2 Å². The van der Waals surface area contributed by atoms with Gasteiger partial charge in [0.05, 0.1) is 0 Å². The summed E-state index contributed by atoms with van der Waals surface area (Å²) in [6, 6.07) is 9.07. The average Bonchev–Trinajstić information content (AvgIpc) is 2.83. The van der Waals surface area contributed by atoms with Crippen LogP contribution >= 0.6 is 12.4 Å². The predicted molar refractivity (Wildman–Crippen MR) is 58.4 cm³/mol. The van der Waals surface area contributed by atoms with Crippen LogP contribution in [0.1, 0.15) is 30.4 Å². The van der Waals surface area contributed by atoms with Gasteiger partial charge in [-0.05, 0) is 24.0 Å². The molecule has 2 atom stereocenters. The zero-order valence-corrected chi connectivity index (χ0v) is 8.68. The van der Waals surface area contributed by atoms with Crippen LogP contribution in [0.15, 0.2) is 24.3 Å². The minimum absolute atomic E-state index is 0. The number of aryl methyl sites for hydroxylation is 1. The summed E-state index contributed by atoms with van der Waals surface area (Å²) in [5, 5.41) is 0. The van der Waals surface area contributed by atoms with Crippen molar-refractivity contribution in [2.24, 2.45) is 5.73 Å². The standard InChI is InChI=1S/C11H15N.ClH/c1-2-8-5-3-4-6-9(8)10-7-11(10)12;/h3-6,10-11H,2,7,12H2,1H3;1H/t10-,11+;/m0./s1. The Morgan fingerprint density at radius 1 is 1.38 bits per heavy atom. The molecule has 0 unspecified atom stereocenters. The molecule has 1 aliphatic carbocycles. The van der Waals surface area contributed by atoms with Crippen molar-refractivity contribution < 1.29 is 0 Å². The Morgan fingerprint density at radius 3 is 2.54 bits per heavy atom. The molecule has 0 saturated heterocycles. The lowest BCUT2D eigenvalue weighted by Crippen LogP contribution is -2.02. The largest absolute Gasteiger partial charge is 0.327 e. The van der Waals surface area contributed by atoms with Gasteiger partial charge in [-0.15, -0.1) is 12.4 Å². The molecule has 0 radical (unpaired) electrons. The lowest BCUT2D eigenvalue weighted by Gasteiger charge is -2.05. The first-order chi connectivity index (χ1) is 5.83. The lowest BCUT2D eigenvalue weighted by molar-refractivity contribution is 0.960. The lowest BCUT2D eigenvalue weighted by atomic mass is 10.0. The van der Waals surface area contributed by atoms with Crippen molar-refractivity contribution in [3.63, 3.8) is 0 Å². The fourth-order valence-electron chi connectivity index (χ4n) is 1.79. The summed E-state index contributed by atoms with van der Waals surface area (Å²) in [7, 11) is 0. The highest BCUT2D eigenvalue weighted by atomic mass is 35.5. The zero-order valence-electron chi connectivity index (χ0n) is 7.86. The number of halogens is 1. The van der Waals surface area contributed by atoms with Gasteiger partial charge in [0, 0.05) is 12.0 Å². The van der Waals surface area contributed by atoms with Crippen molar-refractivity contribution in [1.82, 2.24) is 0 Å². The third-order valence-corrected chi connectivity index (χ3v) is 2.68. The van der Waals surface area contributed by atoms with Crippen LogP contribution in [0.2, 0.25) is 0 Å². The van der Waals surface area contributed by atoms with Crippen LogP contribution in [-0.2, 0) is 6.42 Å². The minimum atomic E-state index is 0. The van der Waals surface area contributed by atoms with E-state index in [0.29, 0.717) is 12.0 Å². The molecule has 0 amide bonds. The molecule has 1 aromatic carbocycles.